The van der Waals surface area contributed by atoms with Crippen molar-refractivity contribution in [3.8, 4) is 23.0 Å². The van der Waals surface area contributed by atoms with E-state index >= 15 is 0 Å². The summed E-state index contributed by atoms with van der Waals surface area (Å²) in [6, 6.07) is 7.79. The van der Waals surface area contributed by atoms with Crippen molar-refractivity contribution in [3.05, 3.63) is 47.5 Å². The van der Waals surface area contributed by atoms with Crippen molar-refractivity contribution in [2.45, 2.75) is 25.7 Å². The van der Waals surface area contributed by atoms with E-state index in [0.29, 0.717) is 24.0 Å². The zero-order valence-corrected chi connectivity index (χ0v) is 12.9. The van der Waals surface area contributed by atoms with Crippen LogP contribution in [0.2, 0.25) is 0 Å². The fourth-order valence-electron chi connectivity index (χ4n) is 2.25. The molecular weight excluding hydrogens is 312 g/mol. The molecule has 0 spiro atoms. The molecule has 6 heteroatoms. The van der Waals surface area contributed by atoms with Crippen molar-refractivity contribution in [2.24, 2.45) is 0 Å². The number of carbonyl (C=O) groups excluding carboxylic acids is 2. The van der Waals surface area contributed by atoms with Gasteiger partial charge in [0, 0.05) is 24.0 Å². The molecule has 2 aromatic rings. The van der Waals surface area contributed by atoms with Gasteiger partial charge >= 0.3 is 0 Å². The second kappa shape index (κ2) is 7.50. The molecule has 0 amide bonds. The Kier molecular flexibility index (Phi) is 5.42. The van der Waals surface area contributed by atoms with Crippen molar-refractivity contribution in [1.29, 1.82) is 0 Å². The van der Waals surface area contributed by atoms with Crippen LogP contribution in [-0.4, -0.2) is 32.0 Å². The molecule has 2 aromatic carbocycles. The summed E-state index contributed by atoms with van der Waals surface area (Å²) in [4.78, 5) is 23.9. The predicted molar refractivity (Wildman–Crippen MR) is 86.7 cm³/mol. The number of Topliss-reactive ketones (excluding diaryl/α,β-unsaturated/α-hetero) is 2. The Balaban J connectivity index is 1.81. The summed E-state index contributed by atoms with van der Waals surface area (Å²) in [7, 11) is 0. The maximum Gasteiger partial charge on any atom is 0.163 e. The van der Waals surface area contributed by atoms with Crippen LogP contribution in [0.1, 0.15) is 46.4 Å². The fourth-order valence-corrected chi connectivity index (χ4v) is 2.25. The molecule has 0 saturated heterocycles. The highest BCUT2D eigenvalue weighted by Gasteiger charge is 2.11. The van der Waals surface area contributed by atoms with E-state index in [0.717, 1.165) is 0 Å². The Morgan fingerprint density at radius 3 is 1.33 bits per heavy atom. The Bertz CT molecular complexity index is 701. The first-order valence-electron chi connectivity index (χ1n) is 7.49. The molecule has 6 nitrogen and oxygen atoms in total. The molecule has 0 radical (unpaired) electrons. The lowest BCUT2D eigenvalue weighted by Gasteiger charge is -2.04. The largest absolute Gasteiger partial charge is 0.504 e. The number of unbranched alkanes of at least 4 members (excludes halogenated alkanes) is 1. The van der Waals surface area contributed by atoms with Crippen LogP contribution < -0.4 is 0 Å². The van der Waals surface area contributed by atoms with Gasteiger partial charge in [-0.15, -0.1) is 0 Å². The molecule has 0 unspecified atom stereocenters. The van der Waals surface area contributed by atoms with E-state index in [1.54, 1.807) is 0 Å². The third-order valence-electron chi connectivity index (χ3n) is 3.65. The summed E-state index contributed by atoms with van der Waals surface area (Å²) in [5.74, 6) is -1.62. The number of hydrogen-bond donors (Lipinski definition) is 4. The Hall–Kier alpha value is -3.02. The summed E-state index contributed by atoms with van der Waals surface area (Å²) in [5, 5.41) is 37.2. The maximum atomic E-state index is 12.0. The Morgan fingerprint density at radius 1 is 0.625 bits per heavy atom. The first-order chi connectivity index (χ1) is 11.4. The molecule has 0 aromatic heterocycles. The quantitative estimate of drug-likeness (QED) is 0.352. The number of phenols is 4. The van der Waals surface area contributed by atoms with Gasteiger partial charge in [0.25, 0.3) is 0 Å². The minimum Gasteiger partial charge on any atom is -0.504 e. The monoisotopic (exact) mass is 330 g/mol. The topological polar surface area (TPSA) is 115 Å². The lowest BCUT2D eigenvalue weighted by molar-refractivity contribution is 0.0954. The molecule has 0 heterocycles. The zero-order valence-electron chi connectivity index (χ0n) is 12.9. The molecule has 0 fully saturated rings. The molecule has 126 valence electrons. The van der Waals surface area contributed by atoms with E-state index in [2.05, 4.69) is 0 Å². The number of phenolic OH excluding ortho intramolecular Hbond substituents is 4. The van der Waals surface area contributed by atoms with E-state index in [1.807, 2.05) is 0 Å². The lowest BCUT2D eigenvalue weighted by Crippen LogP contribution is -2.01. The van der Waals surface area contributed by atoms with Crippen LogP contribution in [0.25, 0.3) is 0 Å². The molecule has 0 aliphatic rings. The van der Waals surface area contributed by atoms with Crippen molar-refractivity contribution in [2.75, 3.05) is 0 Å². The maximum absolute atomic E-state index is 12.0. The second-order valence-corrected chi connectivity index (χ2v) is 5.46. The van der Waals surface area contributed by atoms with Crippen molar-refractivity contribution < 1.29 is 30.0 Å². The standard InChI is InChI=1S/C18H18O6/c19-13(11-5-7-15(21)17(23)9-11)3-1-2-4-14(20)12-6-8-16(22)18(24)10-12/h5-10,21-24H,1-4H2. The average molecular weight is 330 g/mol. The first-order valence-corrected chi connectivity index (χ1v) is 7.49. The third kappa shape index (κ3) is 4.25. The van der Waals surface area contributed by atoms with Gasteiger partial charge in [-0.3, -0.25) is 9.59 Å². The average Bonchev–Trinajstić information content (AvgIpc) is 2.56. The molecule has 0 atom stereocenters. The van der Waals surface area contributed by atoms with Crippen LogP contribution in [0.5, 0.6) is 23.0 Å². The Labute approximate surface area is 138 Å². The summed E-state index contributed by atoms with van der Waals surface area (Å²) < 4.78 is 0. The SMILES string of the molecule is O=C(CCCCC(=O)c1ccc(O)c(O)c1)c1ccc(O)c(O)c1. The summed E-state index contributed by atoms with van der Waals surface area (Å²) >= 11 is 0. The number of rotatable bonds is 7. The predicted octanol–water partition coefficient (Wildman–Crippen LogP) is 3.14. The molecule has 24 heavy (non-hydrogen) atoms. The summed E-state index contributed by atoms with van der Waals surface area (Å²) in [5.41, 5.74) is 0.611. The van der Waals surface area contributed by atoms with Crippen LogP contribution in [0, 0.1) is 0 Å². The van der Waals surface area contributed by atoms with Crippen LogP contribution in [0.4, 0.5) is 0 Å². The van der Waals surface area contributed by atoms with Crippen molar-refractivity contribution >= 4 is 11.6 Å². The van der Waals surface area contributed by atoms with E-state index in [-0.39, 0.29) is 47.4 Å². The van der Waals surface area contributed by atoms with E-state index in [1.165, 1.54) is 36.4 Å². The molecular formula is C18H18O6. The highest BCUT2D eigenvalue weighted by atomic mass is 16.3. The number of ketones is 2. The van der Waals surface area contributed by atoms with Gasteiger partial charge in [-0.05, 0) is 49.2 Å². The summed E-state index contributed by atoms with van der Waals surface area (Å²) in [6.07, 6.45) is 1.43. The van der Waals surface area contributed by atoms with Gasteiger partial charge in [0.2, 0.25) is 0 Å². The third-order valence-corrected chi connectivity index (χ3v) is 3.65. The van der Waals surface area contributed by atoms with Gasteiger partial charge in [-0.2, -0.15) is 0 Å². The second-order valence-electron chi connectivity index (χ2n) is 5.46. The minimum absolute atomic E-state index is 0.181. The zero-order chi connectivity index (χ0) is 17.7. The molecule has 0 aliphatic carbocycles. The van der Waals surface area contributed by atoms with Gasteiger partial charge in [-0.1, -0.05) is 0 Å². The number of hydrogen-bond acceptors (Lipinski definition) is 6. The number of benzene rings is 2. The Morgan fingerprint density at radius 2 is 1.00 bits per heavy atom. The van der Waals surface area contributed by atoms with Gasteiger partial charge in [0.05, 0.1) is 0 Å². The molecule has 4 N–H and O–H groups in total. The highest BCUT2D eigenvalue weighted by molar-refractivity contribution is 5.97. The van der Waals surface area contributed by atoms with Gasteiger partial charge in [-0.25, -0.2) is 0 Å². The minimum atomic E-state index is -0.344. The number of carbonyl (C=O) groups is 2. The van der Waals surface area contributed by atoms with Crippen molar-refractivity contribution in [1.82, 2.24) is 0 Å². The van der Waals surface area contributed by atoms with Crippen LogP contribution in [0.15, 0.2) is 36.4 Å². The normalized spacial score (nSPS) is 10.5. The van der Waals surface area contributed by atoms with Gasteiger partial charge < -0.3 is 20.4 Å². The first kappa shape index (κ1) is 17.3. The summed E-state index contributed by atoms with van der Waals surface area (Å²) in [6.45, 7) is 0. The number of aromatic hydroxyl groups is 4. The van der Waals surface area contributed by atoms with E-state index in [4.69, 9.17) is 0 Å². The molecule has 2 rings (SSSR count). The van der Waals surface area contributed by atoms with E-state index in [9.17, 15) is 30.0 Å². The molecule has 0 bridgehead atoms. The van der Waals surface area contributed by atoms with Gasteiger partial charge in [0.1, 0.15) is 0 Å². The smallest absolute Gasteiger partial charge is 0.163 e. The van der Waals surface area contributed by atoms with Gasteiger partial charge in [0.15, 0.2) is 34.6 Å². The van der Waals surface area contributed by atoms with Crippen molar-refractivity contribution in [3.63, 3.8) is 0 Å². The fraction of sp³-hybridized carbons (Fsp3) is 0.222. The highest BCUT2D eigenvalue weighted by Crippen LogP contribution is 2.27. The molecule has 0 aliphatic heterocycles. The lowest BCUT2D eigenvalue weighted by atomic mass is 10.0. The van der Waals surface area contributed by atoms with E-state index < -0.39 is 0 Å². The van der Waals surface area contributed by atoms with Crippen LogP contribution >= 0.6 is 0 Å². The van der Waals surface area contributed by atoms with Crippen LogP contribution in [0.3, 0.4) is 0 Å². The molecule has 0 saturated carbocycles. The van der Waals surface area contributed by atoms with Crippen LogP contribution in [-0.2, 0) is 0 Å².